The average Bonchev–Trinajstić information content (AvgIpc) is 3.35. The summed E-state index contributed by atoms with van der Waals surface area (Å²) in [7, 11) is 0. The summed E-state index contributed by atoms with van der Waals surface area (Å²) in [6.45, 7) is 9.92. The summed E-state index contributed by atoms with van der Waals surface area (Å²) in [5.74, 6) is 0.726. The number of hydrogen-bond donors (Lipinski definition) is 1. The van der Waals surface area contributed by atoms with Gasteiger partial charge < -0.3 is 10.2 Å². The van der Waals surface area contributed by atoms with Crippen LogP contribution in [-0.4, -0.2) is 57.9 Å². The van der Waals surface area contributed by atoms with Crippen LogP contribution in [-0.2, 0) is 4.79 Å². The lowest BCUT2D eigenvalue weighted by Crippen LogP contribution is -2.51. The second-order valence-corrected chi connectivity index (χ2v) is 10.5. The monoisotopic (exact) mass is 538 g/mol. The Hall–Kier alpha value is -4.17. The molecule has 4 aromatic rings. The van der Waals surface area contributed by atoms with Gasteiger partial charge in [0.05, 0.1) is 5.69 Å². The summed E-state index contributed by atoms with van der Waals surface area (Å²) >= 11 is 0. The molecule has 1 fully saturated rings. The molecule has 8 nitrogen and oxygen atoms in total. The van der Waals surface area contributed by atoms with E-state index in [0.717, 1.165) is 55.1 Å². The van der Waals surface area contributed by atoms with Crippen molar-refractivity contribution >= 4 is 11.6 Å². The van der Waals surface area contributed by atoms with Crippen LogP contribution in [0.25, 0.3) is 17.1 Å². The SMILES string of the molecule is CCCNC(=O)C(c1ccccc1)N1CCN(c2ccc(-n3nc(-c4ccccc4)n(C(C)C)c3=O)cc2)CC1. The molecule has 8 heteroatoms. The highest BCUT2D eigenvalue weighted by Gasteiger charge is 2.30. The zero-order valence-corrected chi connectivity index (χ0v) is 23.5. The molecule has 0 bridgehead atoms. The second-order valence-electron chi connectivity index (χ2n) is 10.5. The Morgan fingerprint density at radius 3 is 2.05 bits per heavy atom. The van der Waals surface area contributed by atoms with Gasteiger partial charge in [-0.3, -0.25) is 14.3 Å². The fourth-order valence-corrected chi connectivity index (χ4v) is 5.35. The summed E-state index contributed by atoms with van der Waals surface area (Å²) in [5.41, 5.74) is 3.62. The summed E-state index contributed by atoms with van der Waals surface area (Å²) in [6, 6.07) is 27.6. The Morgan fingerprint density at radius 2 is 1.45 bits per heavy atom. The number of carbonyl (C=O) groups is 1. The topological polar surface area (TPSA) is 75.4 Å². The fraction of sp³-hybridized carbons (Fsp3) is 0.344. The molecule has 208 valence electrons. The maximum Gasteiger partial charge on any atom is 0.351 e. The number of benzene rings is 3. The summed E-state index contributed by atoms with van der Waals surface area (Å²) in [6.07, 6.45) is 0.911. The molecule has 0 radical (unpaired) electrons. The molecule has 0 spiro atoms. The molecule has 1 atom stereocenters. The van der Waals surface area contributed by atoms with E-state index in [1.165, 1.54) is 4.68 Å². The van der Waals surface area contributed by atoms with E-state index in [-0.39, 0.29) is 23.7 Å². The first-order valence-corrected chi connectivity index (χ1v) is 14.2. The number of piperazine rings is 1. The number of nitrogens with zero attached hydrogens (tertiary/aromatic N) is 5. The van der Waals surface area contributed by atoms with Crippen LogP contribution >= 0.6 is 0 Å². The third-order valence-electron chi connectivity index (χ3n) is 7.41. The van der Waals surface area contributed by atoms with Crippen molar-refractivity contribution in [1.82, 2.24) is 24.6 Å². The van der Waals surface area contributed by atoms with Crippen LogP contribution in [0.15, 0.2) is 89.7 Å². The molecule has 1 N–H and O–H groups in total. The van der Waals surface area contributed by atoms with Crippen molar-refractivity contribution in [2.75, 3.05) is 37.6 Å². The van der Waals surface area contributed by atoms with E-state index in [2.05, 4.69) is 34.2 Å². The molecule has 1 unspecified atom stereocenters. The lowest BCUT2D eigenvalue weighted by atomic mass is 10.0. The standard InChI is InChI=1S/C32H38N6O2/c1-4-19-33-31(39)29(25-11-7-5-8-12-25)36-22-20-35(21-23-36)27-15-17-28(18-16-27)38-32(40)37(24(2)3)30(34-38)26-13-9-6-10-14-26/h5-18,24,29H,4,19-23H2,1-3H3,(H,33,39). The van der Waals surface area contributed by atoms with Crippen LogP contribution in [0.1, 0.15) is 44.8 Å². The predicted octanol–water partition coefficient (Wildman–Crippen LogP) is 4.67. The Balaban J connectivity index is 1.32. The third kappa shape index (κ3) is 5.72. The minimum atomic E-state index is -0.293. The maximum atomic E-state index is 13.3. The Labute approximate surface area is 235 Å². The zero-order chi connectivity index (χ0) is 28.1. The van der Waals surface area contributed by atoms with Crippen LogP contribution in [0.5, 0.6) is 0 Å². The third-order valence-corrected chi connectivity index (χ3v) is 7.41. The molecule has 3 aromatic carbocycles. The van der Waals surface area contributed by atoms with Crippen LogP contribution in [0.4, 0.5) is 5.69 Å². The van der Waals surface area contributed by atoms with Gasteiger partial charge in [0.25, 0.3) is 0 Å². The Bertz CT molecular complexity index is 1450. The first-order chi connectivity index (χ1) is 19.5. The minimum Gasteiger partial charge on any atom is -0.369 e. The van der Waals surface area contributed by atoms with E-state index in [1.807, 2.05) is 86.6 Å². The number of nitrogens with one attached hydrogen (secondary N) is 1. The average molecular weight is 539 g/mol. The summed E-state index contributed by atoms with van der Waals surface area (Å²) < 4.78 is 3.23. The van der Waals surface area contributed by atoms with Crippen molar-refractivity contribution < 1.29 is 4.79 Å². The molecule has 2 heterocycles. The molecule has 1 aliphatic rings. The van der Waals surface area contributed by atoms with E-state index >= 15 is 0 Å². The zero-order valence-electron chi connectivity index (χ0n) is 23.5. The smallest absolute Gasteiger partial charge is 0.351 e. The summed E-state index contributed by atoms with van der Waals surface area (Å²) in [5, 5.41) is 7.81. The van der Waals surface area contributed by atoms with E-state index in [9.17, 15) is 9.59 Å². The van der Waals surface area contributed by atoms with Gasteiger partial charge in [-0.15, -0.1) is 5.10 Å². The van der Waals surface area contributed by atoms with Crippen LogP contribution in [0.3, 0.4) is 0 Å². The normalized spacial score (nSPS) is 14.8. The van der Waals surface area contributed by atoms with Crippen LogP contribution in [0.2, 0.25) is 0 Å². The number of aromatic nitrogens is 3. The van der Waals surface area contributed by atoms with E-state index < -0.39 is 0 Å². The number of amides is 1. The number of rotatable bonds is 9. The fourth-order valence-electron chi connectivity index (χ4n) is 5.35. The molecule has 1 aliphatic heterocycles. The van der Waals surface area contributed by atoms with Crippen molar-refractivity contribution in [3.8, 4) is 17.1 Å². The van der Waals surface area contributed by atoms with Crippen molar-refractivity contribution in [2.24, 2.45) is 0 Å². The second kappa shape index (κ2) is 12.3. The van der Waals surface area contributed by atoms with E-state index in [4.69, 9.17) is 5.10 Å². The van der Waals surface area contributed by atoms with Crippen molar-refractivity contribution in [2.45, 2.75) is 39.3 Å². The quantitative estimate of drug-likeness (QED) is 0.335. The molecule has 1 saturated heterocycles. The largest absolute Gasteiger partial charge is 0.369 e. The number of hydrogen-bond acceptors (Lipinski definition) is 5. The van der Waals surface area contributed by atoms with Gasteiger partial charge in [-0.2, -0.15) is 4.68 Å². The Morgan fingerprint density at radius 1 is 0.850 bits per heavy atom. The maximum absolute atomic E-state index is 13.3. The molecule has 5 rings (SSSR count). The summed E-state index contributed by atoms with van der Waals surface area (Å²) in [4.78, 5) is 31.1. The highest BCUT2D eigenvalue weighted by atomic mass is 16.2. The van der Waals surface area contributed by atoms with Crippen molar-refractivity contribution in [3.05, 3.63) is 101 Å². The van der Waals surface area contributed by atoms with Gasteiger partial charge in [0.1, 0.15) is 6.04 Å². The van der Waals surface area contributed by atoms with Crippen molar-refractivity contribution in [3.63, 3.8) is 0 Å². The molecule has 40 heavy (non-hydrogen) atoms. The van der Waals surface area contributed by atoms with Gasteiger partial charge in [-0.25, -0.2) is 4.79 Å². The molecular weight excluding hydrogens is 500 g/mol. The number of carbonyl (C=O) groups excluding carboxylic acids is 1. The van der Waals surface area contributed by atoms with Gasteiger partial charge in [-0.1, -0.05) is 67.6 Å². The Kier molecular flexibility index (Phi) is 8.45. The van der Waals surface area contributed by atoms with Gasteiger partial charge in [0.2, 0.25) is 5.91 Å². The highest BCUT2D eigenvalue weighted by Crippen LogP contribution is 2.26. The number of anilines is 1. The molecule has 0 aliphatic carbocycles. The molecule has 0 saturated carbocycles. The highest BCUT2D eigenvalue weighted by molar-refractivity contribution is 5.83. The first-order valence-electron chi connectivity index (χ1n) is 14.2. The minimum absolute atomic E-state index is 0.0178. The van der Waals surface area contributed by atoms with Crippen LogP contribution in [0, 0.1) is 0 Å². The van der Waals surface area contributed by atoms with Gasteiger partial charge in [-0.05, 0) is 50.1 Å². The van der Waals surface area contributed by atoms with E-state index in [1.54, 1.807) is 4.57 Å². The van der Waals surface area contributed by atoms with Gasteiger partial charge >= 0.3 is 5.69 Å². The van der Waals surface area contributed by atoms with Crippen LogP contribution < -0.4 is 15.9 Å². The molecule has 1 aromatic heterocycles. The van der Waals surface area contributed by atoms with Gasteiger partial charge in [0.15, 0.2) is 5.82 Å². The lowest BCUT2D eigenvalue weighted by molar-refractivity contribution is -0.126. The molecule has 1 amide bonds. The van der Waals surface area contributed by atoms with Crippen molar-refractivity contribution in [1.29, 1.82) is 0 Å². The van der Waals surface area contributed by atoms with Gasteiger partial charge in [0, 0.05) is 50.0 Å². The molecular formula is C32H38N6O2. The lowest BCUT2D eigenvalue weighted by Gasteiger charge is -2.39. The first kappa shape index (κ1) is 27.4. The predicted molar refractivity (Wildman–Crippen MR) is 160 cm³/mol. The van der Waals surface area contributed by atoms with E-state index in [0.29, 0.717) is 12.4 Å².